The smallest absolute Gasteiger partial charge is 0.276 e. The van der Waals surface area contributed by atoms with Gasteiger partial charge in [0.05, 0.1) is 5.69 Å². The average Bonchev–Trinajstić information content (AvgIpc) is 2.64. The van der Waals surface area contributed by atoms with Crippen LogP contribution in [0.3, 0.4) is 0 Å². The average molecular weight is 308 g/mol. The molecular formula is C13H14BrN3O. The van der Waals surface area contributed by atoms with Crippen molar-refractivity contribution in [1.82, 2.24) is 10.2 Å². The van der Waals surface area contributed by atoms with Crippen molar-refractivity contribution in [1.29, 1.82) is 0 Å². The summed E-state index contributed by atoms with van der Waals surface area (Å²) in [5.41, 5.74) is 4.08. The molecule has 2 aromatic rings. The molecule has 0 atom stereocenters. The largest absolute Gasteiger partial charge is 0.320 e. The molecule has 5 heteroatoms. The molecule has 1 amide bonds. The zero-order valence-corrected chi connectivity index (χ0v) is 12.1. The highest BCUT2D eigenvalue weighted by molar-refractivity contribution is 9.10. The van der Waals surface area contributed by atoms with Crippen molar-refractivity contribution >= 4 is 27.5 Å². The molecular weight excluding hydrogens is 294 g/mol. The van der Waals surface area contributed by atoms with Gasteiger partial charge in [-0.05, 0) is 54.4 Å². The molecule has 0 bridgehead atoms. The van der Waals surface area contributed by atoms with Crippen molar-refractivity contribution in [3.63, 3.8) is 0 Å². The minimum atomic E-state index is -0.207. The number of H-pyrrole nitrogens is 1. The van der Waals surface area contributed by atoms with Crippen LogP contribution in [0.2, 0.25) is 0 Å². The molecule has 0 aliphatic heterocycles. The van der Waals surface area contributed by atoms with Crippen molar-refractivity contribution in [3.8, 4) is 0 Å². The summed E-state index contributed by atoms with van der Waals surface area (Å²) < 4.78 is 0.862. The number of benzene rings is 1. The molecule has 0 saturated heterocycles. The Balaban J connectivity index is 2.24. The van der Waals surface area contributed by atoms with Gasteiger partial charge in [0, 0.05) is 15.7 Å². The van der Waals surface area contributed by atoms with Crippen LogP contribution >= 0.6 is 15.9 Å². The second-order valence-electron chi connectivity index (χ2n) is 4.26. The maximum atomic E-state index is 12.1. The van der Waals surface area contributed by atoms with Gasteiger partial charge >= 0.3 is 0 Å². The fourth-order valence-corrected chi connectivity index (χ4v) is 2.20. The highest BCUT2D eigenvalue weighted by Gasteiger charge is 2.15. The summed E-state index contributed by atoms with van der Waals surface area (Å²) >= 11 is 3.43. The molecule has 4 nitrogen and oxygen atoms in total. The van der Waals surface area contributed by atoms with Crippen LogP contribution in [-0.2, 0) is 0 Å². The van der Waals surface area contributed by atoms with E-state index in [0.717, 1.165) is 27.0 Å². The number of hydrogen-bond acceptors (Lipinski definition) is 2. The van der Waals surface area contributed by atoms with Gasteiger partial charge in [-0.15, -0.1) is 0 Å². The van der Waals surface area contributed by atoms with Crippen molar-refractivity contribution in [2.24, 2.45) is 0 Å². The van der Waals surface area contributed by atoms with E-state index < -0.39 is 0 Å². The fourth-order valence-electron chi connectivity index (χ4n) is 1.61. The number of nitrogens with one attached hydrogen (secondary N) is 2. The van der Waals surface area contributed by atoms with Crippen LogP contribution < -0.4 is 5.32 Å². The Hall–Kier alpha value is -1.62. The summed E-state index contributed by atoms with van der Waals surface area (Å²) in [7, 11) is 0. The Bertz CT molecular complexity index is 604. The zero-order chi connectivity index (χ0) is 13.3. The number of aromatic nitrogens is 2. The van der Waals surface area contributed by atoms with E-state index in [1.54, 1.807) is 0 Å². The summed E-state index contributed by atoms with van der Waals surface area (Å²) in [6.07, 6.45) is 0. The summed E-state index contributed by atoms with van der Waals surface area (Å²) in [5, 5.41) is 9.65. The van der Waals surface area contributed by atoms with E-state index in [2.05, 4.69) is 31.4 Å². The number of carbonyl (C=O) groups excluding carboxylic acids is 1. The van der Waals surface area contributed by atoms with Crippen LogP contribution in [0.4, 0.5) is 5.69 Å². The number of hydrogen-bond donors (Lipinski definition) is 2. The van der Waals surface area contributed by atoms with Crippen LogP contribution in [0.5, 0.6) is 0 Å². The first-order valence-electron chi connectivity index (χ1n) is 5.58. The Morgan fingerprint density at radius 2 is 2.06 bits per heavy atom. The lowest BCUT2D eigenvalue weighted by molar-refractivity contribution is 0.102. The number of amides is 1. The van der Waals surface area contributed by atoms with E-state index in [1.165, 1.54) is 0 Å². The van der Waals surface area contributed by atoms with Gasteiger partial charge in [-0.1, -0.05) is 6.07 Å². The fraction of sp³-hybridized carbons (Fsp3) is 0.231. The van der Waals surface area contributed by atoms with Crippen molar-refractivity contribution in [2.45, 2.75) is 20.8 Å². The molecule has 0 unspecified atom stereocenters. The minimum Gasteiger partial charge on any atom is -0.320 e. The van der Waals surface area contributed by atoms with Crippen LogP contribution in [-0.4, -0.2) is 16.1 Å². The second kappa shape index (κ2) is 4.94. The van der Waals surface area contributed by atoms with Gasteiger partial charge in [-0.25, -0.2) is 0 Å². The molecule has 2 N–H and O–H groups in total. The molecule has 18 heavy (non-hydrogen) atoms. The lowest BCUT2D eigenvalue weighted by Gasteiger charge is -2.07. The third kappa shape index (κ3) is 2.46. The molecule has 1 heterocycles. The highest BCUT2D eigenvalue weighted by Crippen LogP contribution is 2.24. The Morgan fingerprint density at radius 1 is 1.33 bits per heavy atom. The Kier molecular flexibility index (Phi) is 3.52. The summed E-state index contributed by atoms with van der Waals surface area (Å²) in [6, 6.07) is 5.77. The number of halogens is 1. The minimum absolute atomic E-state index is 0.207. The van der Waals surface area contributed by atoms with Crippen LogP contribution in [0.1, 0.15) is 27.3 Å². The van der Waals surface area contributed by atoms with Gasteiger partial charge in [0.1, 0.15) is 0 Å². The monoisotopic (exact) mass is 307 g/mol. The van der Waals surface area contributed by atoms with Gasteiger partial charge in [0.15, 0.2) is 5.69 Å². The number of carbonyl (C=O) groups is 1. The van der Waals surface area contributed by atoms with Crippen LogP contribution in [0.25, 0.3) is 0 Å². The number of aryl methyl sites for hydroxylation is 2. The number of nitrogens with zero attached hydrogens (tertiary/aromatic N) is 1. The maximum absolute atomic E-state index is 12.1. The standard InChI is InChI=1S/C13H14BrN3O/c1-7-4-5-11(10(14)6-7)15-13(18)12-8(2)9(3)16-17-12/h4-6H,1-3H3,(H,15,18)(H,16,17). The lowest BCUT2D eigenvalue weighted by Crippen LogP contribution is -2.14. The second-order valence-corrected chi connectivity index (χ2v) is 5.11. The lowest BCUT2D eigenvalue weighted by atomic mass is 10.2. The Morgan fingerprint density at radius 3 is 2.61 bits per heavy atom. The van der Waals surface area contributed by atoms with Crippen LogP contribution in [0, 0.1) is 20.8 Å². The summed E-state index contributed by atoms with van der Waals surface area (Å²) in [5.74, 6) is -0.207. The molecule has 0 spiro atoms. The highest BCUT2D eigenvalue weighted by atomic mass is 79.9. The molecule has 2 rings (SSSR count). The SMILES string of the molecule is Cc1ccc(NC(=O)c2n[nH]c(C)c2C)c(Br)c1. The number of anilines is 1. The van der Waals surface area contributed by atoms with Crippen molar-refractivity contribution < 1.29 is 4.79 Å². The van der Waals surface area contributed by atoms with Gasteiger partial charge in [-0.2, -0.15) is 5.10 Å². The number of aromatic amines is 1. The van der Waals surface area contributed by atoms with E-state index in [4.69, 9.17) is 0 Å². The molecule has 94 valence electrons. The topological polar surface area (TPSA) is 57.8 Å². The molecule has 0 aliphatic carbocycles. The van der Waals surface area contributed by atoms with E-state index >= 15 is 0 Å². The van der Waals surface area contributed by atoms with Gasteiger partial charge in [-0.3, -0.25) is 9.89 Å². The molecule has 0 aliphatic rings. The first-order chi connectivity index (χ1) is 8.49. The molecule has 0 saturated carbocycles. The normalized spacial score (nSPS) is 10.4. The first-order valence-corrected chi connectivity index (χ1v) is 6.37. The molecule has 1 aromatic carbocycles. The van der Waals surface area contributed by atoms with Crippen LogP contribution in [0.15, 0.2) is 22.7 Å². The van der Waals surface area contributed by atoms with Gasteiger partial charge in [0.2, 0.25) is 0 Å². The van der Waals surface area contributed by atoms with Gasteiger partial charge < -0.3 is 5.32 Å². The van der Waals surface area contributed by atoms with E-state index in [9.17, 15) is 4.79 Å². The maximum Gasteiger partial charge on any atom is 0.276 e. The summed E-state index contributed by atoms with van der Waals surface area (Å²) in [4.78, 5) is 12.1. The number of rotatable bonds is 2. The van der Waals surface area contributed by atoms with E-state index in [0.29, 0.717) is 5.69 Å². The van der Waals surface area contributed by atoms with E-state index in [-0.39, 0.29) is 5.91 Å². The van der Waals surface area contributed by atoms with E-state index in [1.807, 2.05) is 39.0 Å². The van der Waals surface area contributed by atoms with Gasteiger partial charge in [0.25, 0.3) is 5.91 Å². The predicted octanol–water partition coefficient (Wildman–Crippen LogP) is 3.35. The molecule has 0 fully saturated rings. The Labute approximate surface area is 114 Å². The van der Waals surface area contributed by atoms with Crippen molar-refractivity contribution in [2.75, 3.05) is 5.32 Å². The third-order valence-electron chi connectivity index (χ3n) is 2.84. The molecule has 1 aromatic heterocycles. The quantitative estimate of drug-likeness (QED) is 0.894. The molecule has 0 radical (unpaired) electrons. The van der Waals surface area contributed by atoms with Crippen molar-refractivity contribution in [3.05, 3.63) is 45.2 Å². The zero-order valence-electron chi connectivity index (χ0n) is 10.5. The summed E-state index contributed by atoms with van der Waals surface area (Å²) in [6.45, 7) is 5.76. The first kappa shape index (κ1) is 12.8. The third-order valence-corrected chi connectivity index (χ3v) is 3.50. The predicted molar refractivity (Wildman–Crippen MR) is 74.9 cm³/mol.